The Hall–Kier alpha value is -2.29. The molecule has 3 rings (SSSR count). The summed E-state index contributed by atoms with van der Waals surface area (Å²) >= 11 is 1.36. The molecule has 1 aromatic rings. The SMILES string of the molecule is COC(=O)[C@H]1COC(=O)N1C1CCN(C(=O)CSc2ccc(F)cc2)CC1. The van der Waals surface area contributed by atoms with Crippen LogP contribution in [0.5, 0.6) is 0 Å². The normalized spacial score (nSPS) is 20.5. The summed E-state index contributed by atoms with van der Waals surface area (Å²) in [4.78, 5) is 40.3. The molecule has 27 heavy (non-hydrogen) atoms. The molecule has 0 bridgehead atoms. The number of likely N-dealkylation sites (tertiary alicyclic amines) is 1. The Labute approximate surface area is 160 Å². The molecule has 0 unspecified atom stereocenters. The van der Waals surface area contributed by atoms with Crippen LogP contribution in [0.15, 0.2) is 29.2 Å². The lowest BCUT2D eigenvalue weighted by Crippen LogP contribution is -2.52. The number of rotatable bonds is 5. The maximum Gasteiger partial charge on any atom is 0.410 e. The third-order valence-corrected chi connectivity index (χ3v) is 5.77. The van der Waals surface area contributed by atoms with Crippen molar-refractivity contribution in [2.75, 3.05) is 32.6 Å². The standard InChI is InChI=1S/C18H21FN2O5S/c1-25-17(23)15-10-26-18(24)21(15)13-6-8-20(9-7-13)16(22)11-27-14-4-2-12(19)3-5-14/h2-5,13,15H,6-11H2,1H3/t15-/m1/s1. The number of thioether (sulfide) groups is 1. The highest BCUT2D eigenvalue weighted by molar-refractivity contribution is 8.00. The highest BCUT2D eigenvalue weighted by atomic mass is 32.2. The van der Waals surface area contributed by atoms with Crippen molar-refractivity contribution in [3.8, 4) is 0 Å². The number of hydrogen-bond donors (Lipinski definition) is 0. The molecule has 2 saturated heterocycles. The van der Waals surface area contributed by atoms with Gasteiger partial charge in [0.15, 0.2) is 6.04 Å². The molecule has 0 aromatic heterocycles. The fourth-order valence-electron chi connectivity index (χ4n) is 3.31. The summed E-state index contributed by atoms with van der Waals surface area (Å²) in [7, 11) is 1.28. The first-order chi connectivity index (χ1) is 13.0. The number of esters is 1. The number of halogens is 1. The van der Waals surface area contributed by atoms with E-state index in [0.29, 0.717) is 25.9 Å². The van der Waals surface area contributed by atoms with Crippen molar-refractivity contribution in [3.63, 3.8) is 0 Å². The fraction of sp³-hybridized carbons (Fsp3) is 0.500. The van der Waals surface area contributed by atoms with Crippen LogP contribution in [-0.4, -0.2) is 72.4 Å². The minimum atomic E-state index is -0.719. The van der Waals surface area contributed by atoms with E-state index in [4.69, 9.17) is 9.47 Å². The van der Waals surface area contributed by atoms with Crippen LogP contribution >= 0.6 is 11.8 Å². The predicted molar refractivity (Wildman–Crippen MR) is 95.7 cm³/mol. The second-order valence-corrected chi connectivity index (χ2v) is 7.43. The van der Waals surface area contributed by atoms with Crippen LogP contribution in [0, 0.1) is 5.82 Å². The first-order valence-electron chi connectivity index (χ1n) is 8.68. The van der Waals surface area contributed by atoms with Crippen LogP contribution in [-0.2, 0) is 19.1 Å². The molecule has 0 N–H and O–H groups in total. The van der Waals surface area contributed by atoms with E-state index >= 15 is 0 Å². The van der Waals surface area contributed by atoms with Crippen molar-refractivity contribution in [1.82, 2.24) is 9.80 Å². The van der Waals surface area contributed by atoms with Gasteiger partial charge in [-0.15, -0.1) is 11.8 Å². The minimum Gasteiger partial charge on any atom is -0.467 e. The number of ether oxygens (including phenoxy) is 2. The molecule has 7 nitrogen and oxygen atoms in total. The molecular weight excluding hydrogens is 375 g/mol. The molecule has 0 saturated carbocycles. The van der Waals surface area contributed by atoms with Gasteiger partial charge >= 0.3 is 12.1 Å². The third kappa shape index (κ3) is 4.52. The number of methoxy groups -OCH3 is 1. The van der Waals surface area contributed by atoms with Crippen LogP contribution in [0.1, 0.15) is 12.8 Å². The number of hydrogen-bond acceptors (Lipinski definition) is 6. The lowest BCUT2D eigenvalue weighted by Gasteiger charge is -2.37. The Morgan fingerprint density at radius 1 is 1.26 bits per heavy atom. The van der Waals surface area contributed by atoms with Crippen molar-refractivity contribution < 1.29 is 28.2 Å². The van der Waals surface area contributed by atoms with E-state index in [2.05, 4.69) is 0 Å². The van der Waals surface area contributed by atoms with Gasteiger partial charge in [0.2, 0.25) is 5.91 Å². The van der Waals surface area contributed by atoms with E-state index < -0.39 is 18.1 Å². The van der Waals surface area contributed by atoms with Crippen LogP contribution in [0.2, 0.25) is 0 Å². The summed E-state index contributed by atoms with van der Waals surface area (Å²) in [5.41, 5.74) is 0. The smallest absolute Gasteiger partial charge is 0.410 e. The largest absolute Gasteiger partial charge is 0.467 e. The minimum absolute atomic E-state index is 0.00103. The Morgan fingerprint density at radius 3 is 2.56 bits per heavy atom. The monoisotopic (exact) mass is 396 g/mol. The lowest BCUT2D eigenvalue weighted by molar-refractivity contribution is -0.146. The number of piperidine rings is 1. The van der Waals surface area contributed by atoms with Gasteiger partial charge in [-0.3, -0.25) is 9.69 Å². The van der Waals surface area contributed by atoms with Gasteiger partial charge in [-0.2, -0.15) is 0 Å². The molecule has 0 aliphatic carbocycles. The number of nitrogens with zero attached hydrogens (tertiary/aromatic N) is 2. The highest BCUT2D eigenvalue weighted by Gasteiger charge is 2.44. The molecule has 2 amide bonds. The second kappa shape index (κ2) is 8.60. The second-order valence-electron chi connectivity index (χ2n) is 6.38. The predicted octanol–water partition coefficient (Wildman–Crippen LogP) is 1.90. The molecular formula is C18H21FN2O5S. The van der Waals surface area contributed by atoms with Crippen molar-refractivity contribution in [1.29, 1.82) is 0 Å². The van der Waals surface area contributed by atoms with E-state index in [0.717, 1.165) is 4.90 Å². The maximum atomic E-state index is 12.9. The van der Waals surface area contributed by atoms with Gasteiger partial charge in [-0.25, -0.2) is 14.0 Å². The third-order valence-electron chi connectivity index (χ3n) is 4.77. The van der Waals surface area contributed by atoms with E-state index in [1.807, 2.05) is 0 Å². The average Bonchev–Trinajstić information content (AvgIpc) is 3.08. The van der Waals surface area contributed by atoms with Gasteiger partial charge in [0.05, 0.1) is 12.9 Å². The molecule has 2 aliphatic heterocycles. The van der Waals surface area contributed by atoms with E-state index in [1.165, 1.54) is 35.9 Å². The average molecular weight is 396 g/mol. The highest BCUT2D eigenvalue weighted by Crippen LogP contribution is 2.25. The summed E-state index contributed by atoms with van der Waals surface area (Å²) < 4.78 is 22.7. The van der Waals surface area contributed by atoms with Crippen molar-refractivity contribution >= 4 is 29.7 Å². The van der Waals surface area contributed by atoms with Crippen LogP contribution < -0.4 is 0 Å². The van der Waals surface area contributed by atoms with Gasteiger partial charge in [-0.05, 0) is 37.1 Å². The molecule has 9 heteroatoms. The zero-order valence-electron chi connectivity index (χ0n) is 14.9. The number of cyclic esters (lactones) is 1. The molecule has 0 radical (unpaired) electrons. The van der Waals surface area contributed by atoms with E-state index in [1.54, 1.807) is 17.0 Å². The van der Waals surface area contributed by atoms with Gasteiger partial charge < -0.3 is 14.4 Å². The van der Waals surface area contributed by atoms with Crippen molar-refractivity contribution in [2.24, 2.45) is 0 Å². The quantitative estimate of drug-likeness (QED) is 0.559. The summed E-state index contributed by atoms with van der Waals surface area (Å²) in [6.07, 6.45) is 0.646. The Kier molecular flexibility index (Phi) is 6.20. The van der Waals surface area contributed by atoms with Crippen molar-refractivity contribution in [2.45, 2.75) is 29.8 Å². The van der Waals surface area contributed by atoms with Crippen molar-refractivity contribution in [3.05, 3.63) is 30.1 Å². The Bertz CT molecular complexity index is 706. The van der Waals surface area contributed by atoms with Crippen LogP contribution in [0.25, 0.3) is 0 Å². The summed E-state index contributed by atoms with van der Waals surface area (Å²) in [5.74, 6) is -0.530. The zero-order valence-corrected chi connectivity index (χ0v) is 15.7. The molecule has 2 heterocycles. The Balaban J connectivity index is 1.50. The summed E-state index contributed by atoms with van der Waals surface area (Å²) in [5, 5.41) is 0. The van der Waals surface area contributed by atoms with E-state index in [-0.39, 0.29) is 30.1 Å². The first-order valence-corrected chi connectivity index (χ1v) is 9.67. The lowest BCUT2D eigenvalue weighted by atomic mass is 10.0. The number of amides is 2. The molecule has 146 valence electrons. The Morgan fingerprint density at radius 2 is 1.93 bits per heavy atom. The molecule has 1 aromatic carbocycles. The number of benzene rings is 1. The summed E-state index contributed by atoms with van der Waals surface area (Å²) in [6, 6.07) is 5.15. The van der Waals surface area contributed by atoms with Gasteiger partial charge in [0.1, 0.15) is 12.4 Å². The molecule has 2 aliphatic rings. The zero-order chi connectivity index (χ0) is 19.4. The first kappa shape index (κ1) is 19.5. The van der Waals surface area contributed by atoms with Gasteiger partial charge in [0.25, 0.3) is 0 Å². The maximum absolute atomic E-state index is 12.9. The van der Waals surface area contributed by atoms with Gasteiger partial charge in [-0.1, -0.05) is 0 Å². The molecule has 1 atom stereocenters. The number of carbonyl (C=O) groups is 3. The fourth-order valence-corrected chi connectivity index (χ4v) is 4.12. The van der Waals surface area contributed by atoms with Crippen LogP contribution in [0.3, 0.4) is 0 Å². The topological polar surface area (TPSA) is 76.2 Å². The van der Waals surface area contributed by atoms with Crippen LogP contribution in [0.4, 0.5) is 9.18 Å². The summed E-state index contributed by atoms with van der Waals surface area (Å²) in [6.45, 7) is 1.01. The van der Waals surface area contributed by atoms with Gasteiger partial charge in [0, 0.05) is 24.0 Å². The number of carbonyl (C=O) groups excluding carboxylic acids is 3. The molecule has 0 spiro atoms. The molecule has 2 fully saturated rings. The van der Waals surface area contributed by atoms with E-state index in [9.17, 15) is 18.8 Å².